The summed E-state index contributed by atoms with van der Waals surface area (Å²) in [6.07, 6.45) is 3.36. The van der Waals surface area contributed by atoms with Gasteiger partial charge in [-0.1, -0.05) is 0 Å². The highest BCUT2D eigenvalue weighted by Crippen LogP contribution is 2.42. The van der Waals surface area contributed by atoms with E-state index >= 15 is 0 Å². The number of aromatic nitrogens is 2. The quantitative estimate of drug-likeness (QED) is 0.206. The van der Waals surface area contributed by atoms with Gasteiger partial charge in [-0.15, -0.1) is 0 Å². The Morgan fingerprint density at radius 2 is 1.12 bits per heavy atom. The number of hydrogen-bond donors (Lipinski definition) is 1. The number of pyridine rings is 2. The van der Waals surface area contributed by atoms with Crippen molar-refractivity contribution in [1.29, 1.82) is 0 Å². The fourth-order valence-electron chi connectivity index (χ4n) is 6.02. The number of hydrogen-bond acceptors (Lipinski definition) is 11. The first-order chi connectivity index (χ1) is 23.6. The first-order valence-corrected chi connectivity index (χ1v) is 15.5. The van der Waals surface area contributed by atoms with E-state index in [9.17, 15) is 9.59 Å². The van der Waals surface area contributed by atoms with Crippen LogP contribution >= 0.6 is 0 Å². The standard InChI is InChI=1S/C36H41N5O8/c1-36(34(37)42)35(43)40(20-22-8-10-38-26(14-22)24-16-28(44-2)32(48-6)29(17-24)45-3)12-13-41(36)21-23-9-11-39-27(15-23)25-18-30(46-4)33(49-7)31(19-25)47-5/h8-11,14-19H,12-13,20-21H2,1-7H3,(H2,37,42)/t36-/m0/s1. The average molecular weight is 672 g/mol. The van der Waals surface area contributed by atoms with Gasteiger partial charge in [-0.3, -0.25) is 24.5 Å². The summed E-state index contributed by atoms with van der Waals surface area (Å²) in [7, 11) is 9.29. The second-order valence-electron chi connectivity index (χ2n) is 11.5. The van der Waals surface area contributed by atoms with Crippen LogP contribution in [-0.4, -0.2) is 92.9 Å². The molecule has 13 nitrogen and oxygen atoms in total. The third kappa shape index (κ3) is 6.74. The largest absolute Gasteiger partial charge is 0.493 e. The first kappa shape index (κ1) is 34.8. The van der Waals surface area contributed by atoms with E-state index in [-0.39, 0.29) is 12.5 Å². The Morgan fingerprint density at radius 1 is 0.694 bits per heavy atom. The Labute approximate surface area is 285 Å². The van der Waals surface area contributed by atoms with Gasteiger partial charge in [-0.2, -0.15) is 0 Å². The third-order valence-corrected chi connectivity index (χ3v) is 8.77. The third-order valence-electron chi connectivity index (χ3n) is 8.77. The minimum Gasteiger partial charge on any atom is -0.493 e. The Morgan fingerprint density at radius 3 is 1.51 bits per heavy atom. The number of carbonyl (C=O) groups is 2. The van der Waals surface area contributed by atoms with Crippen molar-refractivity contribution in [3.63, 3.8) is 0 Å². The van der Waals surface area contributed by atoms with Gasteiger partial charge < -0.3 is 39.1 Å². The molecule has 2 amide bonds. The summed E-state index contributed by atoms with van der Waals surface area (Å²) in [5.41, 5.74) is 8.86. The molecule has 2 N–H and O–H groups in total. The van der Waals surface area contributed by atoms with Crippen molar-refractivity contribution in [3.8, 4) is 57.0 Å². The SMILES string of the molecule is COc1cc(-c2cc(CN3CCN(Cc4ccnc(-c5cc(OC)c(OC)c(OC)c5)c4)[C@@](C)(C(N)=O)C3=O)ccn2)cc(OC)c1OC. The number of ether oxygens (including phenoxy) is 6. The molecule has 2 aromatic carbocycles. The molecule has 1 aliphatic rings. The number of rotatable bonds is 13. The summed E-state index contributed by atoms with van der Waals surface area (Å²) in [6, 6.07) is 14.7. The smallest absolute Gasteiger partial charge is 0.252 e. The number of piperazine rings is 1. The van der Waals surface area contributed by atoms with E-state index < -0.39 is 11.4 Å². The lowest BCUT2D eigenvalue weighted by Gasteiger charge is -2.46. The van der Waals surface area contributed by atoms with Crippen molar-refractivity contribution in [2.45, 2.75) is 25.6 Å². The molecule has 0 aliphatic carbocycles. The normalized spacial score (nSPS) is 16.2. The van der Waals surface area contributed by atoms with E-state index in [2.05, 4.69) is 9.97 Å². The monoisotopic (exact) mass is 671 g/mol. The Hall–Kier alpha value is -5.56. The molecule has 5 rings (SSSR count). The van der Waals surface area contributed by atoms with E-state index in [1.165, 1.54) is 0 Å². The molecule has 1 atom stereocenters. The number of primary amides is 1. The van der Waals surface area contributed by atoms with Crippen LogP contribution in [0.1, 0.15) is 18.1 Å². The number of carbonyl (C=O) groups excluding carboxylic acids is 2. The van der Waals surface area contributed by atoms with Gasteiger partial charge in [0.15, 0.2) is 28.5 Å². The lowest BCUT2D eigenvalue weighted by molar-refractivity contribution is -0.158. The zero-order chi connectivity index (χ0) is 35.3. The first-order valence-electron chi connectivity index (χ1n) is 15.5. The van der Waals surface area contributed by atoms with Gasteiger partial charge in [0, 0.05) is 49.7 Å². The molecule has 0 unspecified atom stereocenters. The lowest BCUT2D eigenvalue weighted by atomic mass is 9.92. The second kappa shape index (κ2) is 14.7. The van der Waals surface area contributed by atoms with Crippen LogP contribution in [0.4, 0.5) is 0 Å². The number of benzene rings is 2. The van der Waals surface area contributed by atoms with Crippen molar-refractivity contribution in [2.75, 3.05) is 55.7 Å². The molecule has 0 spiro atoms. The molecule has 13 heteroatoms. The molecule has 0 bridgehead atoms. The van der Waals surface area contributed by atoms with Gasteiger partial charge in [0.2, 0.25) is 17.4 Å². The van der Waals surface area contributed by atoms with Crippen LogP contribution < -0.4 is 34.2 Å². The summed E-state index contributed by atoms with van der Waals surface area (Å²) in [6.45, 7) is 2.93. The van der Waals surface area contributed by atoms with Gasteiger partial charge in [0.25, 0.3) is 5.91 Å². The van der Waals surface area contributed by atoms with Gasteiger partial charge in [0.05, 0.1) is 54.0 Å². The van der Waals surface area contributed by atoms with Gasteiger partial charge >= 0.3 is 0 Å². The molecule has 1 saturated heterocycles. The maximum absolute atomic E-state index is 14.0. The van der Waals surface area contributed by atoms with Crippen LogP contribution in [0.5, 0.6) is 34.5 Å². The Kier molecular flexibility index (Phi) is 10.4. The molecule has 1 fully saturated rings. The molecule has 49 heavy (non-hydrogen) atoms. The van der Waals surface area contributed by atoms with E-state index in [1.807, 2.05) is 53.4 Å². The fraction of sp³-hybridized carbons (Fsp3) is 0.333. The Bertz CT molecular complexity index is 1800. The maximum atomic E-state index is 14.0. The predicted octanol–water partition coefficient (Wildman–Crippen LogP) is 3.95. The maximum Gasteiger partial charge on any atom is 0.252 e. The highest BCUT2D eigenvalue weighted by molar-refractivity contribution is 6.09. The van der Waals surface area contributed by atoms with E-state index in [0.717, 1.165) is 22.3 Å². The molecule has 1 aliphatic heterocycles. The van der Waals surface area contributed by atoms with Gasteiger partial charge in [-0.05, 0) is 66.6 Å². The average Bonchev–Trinajstić information content (AvgIpc) is 3.13. The molecular weight excluding hydrogens is 630 g/mol. The van der Waals surface area contributed by atoms with Gasteiger partial charge in [0.1, 0.15) is 0 Å². The summed E-state index contributed by atoms with van der Waals surface area (Å²) in [5.74, 6) is 1.83. The molecule has 0 radical (unpaired) electrons. The molecule has 258 valence electrons. The predicted molar refractivity (Wildman–Crippen MR) is 182 cm³/mol. The van der Waals surface area contributed by atoms with E-state index in [4.69, 9.17) is 34.2 Å². The highest BCUT2D eigenvalue weighted by atomic mass is 16.5. The molecule has 4 aromatic rings. The van der Waals surface area contributed by atoms with Crippen molar-refractivity contribution in [3.05, 3.63) is 72.1 Å². The van der Waals surface area contributed by atoms with Crippen LogP contribution in [0.3, 0.4) is 0 Å². The molecule has 3 heterocycles. The second-order valence-corrected chi connectivity index (χ2v) is 11.5. The van der Waals surface area contributed by atoms with Crippen LogP contribution in [-0.2, 0) is 22.7 Å². The lowest BCUT2D eigenvalue weighted by Crippen LogP contribution is -2.69. The number of nitrogens with zero attached hydrogens (tertiary/aromatic N) is 4. The van der Waals surface area contributed by atoms with Crippen LogP contribution in [0.15, 0.2) is 60.9 Å². The summed E-state index contributed by atoms with van der Waals surface area (Å²) in [5, 5.41) is 0. The molecule has 2 aromatic heterocycles. The summed E-state index contributed by atoms with van der Waals surface area (Å²) >= 11 is 0. The highest BCUT2D eigenvalue weighted by Gasteiger charge is 2.50. The zero-order valence-electron chi connectivity index (χ0n) is 28.7. The van der Waals surface area contributed by atoms with Gasteiger partial charge in [-0.25, -0.2) is 0 Å². The summed E-state index contributed by atoms with van der Waals surface area (Å²) in [4.78, 5) is 39.6. The van der Waals surface area contributed by atoms with Crippen molar-refractivity contribution in [1.82, 2.24) is 19.8 Å². The van der Waals surface area contributed by atoms with E-state index in [0.29, 0.717) is 65.5 Å². The molecule has 0 saturated carbocycles. The van der Waals surface area contributed by atoms with E-state index in [1.54, 1.807) is 66.9 Å². The number of nitrogens with two attached hydrogens (primary N) is 1. The topological polar surface area (TPSA) is 148 Å². The van der Waals surface area contributed by atoms with Crippen molar-refractivity contribution < 1.29 is 38.0 Å². The summed E-state index contributed by atoms with van der Waals surface area (Å²) < 4.78 is 32.9. The fourth-order valence-corrected chi connectivity index (χ4v) is 6.02. The van der Waals surface area contributed by atoms with Crippen molar-refractivity contribution >= 4 is 11.8 Å². The Balaban J connectivity index is 1.38. The zero-order valence-corrected chi connectivity index (χ0v) is 28.7. The van der Waals surface area contributed by atoms with Crippen LogP contribution in [0, 0.1) is 0 Å². The van der Waals surface area contributed by atoms with Crippen LogP contribution in [0.25, 0.3) is 22.5 Å². The number of methoxy groups -OCH3 is 6. The minimum atomic E-state index is -1.58. The number of amides is 2. The van der Waals surface area contributed by atoms with Crippen LogP contribution in [0.2, 0.25) is 0 Å². The van der Waals surface area contributed by atoms with Crippen molar-refractivity contribution in [2.24, 2.45) is 5.73 Å². The minimum absolute atomic E-state index is 0.260. The molecular formula is C36H41N5O8.